The van der Waals surface area contributed by atoms with E-state index in [2.05, 4.69) is 17.2 Å². The fourth-order valence-electron chi connectivity index (χ4n) is 2.51. The molecular weight excluding hydrogens is 296 g/mol. The topological polar surface area (TPSA) is 96.7 Å². The van der Waals surface area contributed by atoms with E-state index in [0.717, 1.165) is 6.42 Å². The standard InChI is InChI=1S/C16H22N4O3/c1-11(23-2)18-10-15(21)20-9-5-8-14(20)16(22)19-13-7-4-3-6-12(13)17/h3-4,6-7,14,18H,1,5,8-10,17H2,2H3,(H,19,22)/t14-/m0/s1. The summed E-state index contributed by atoms with van der Waals surface area (Å²) in [6.45, 7) is 4.20. The van der Waals surface area contributed by atoms with Crippen LogP contribution in [0.25, 0.3) is 0 Å². The van der Waals surface area contributed by atoms with Crippen molar-refractivity contribution in [3.8, 4) is 0 Å². The minimum atomic E-state index is -0.486. The molecule has 0 spiro atoms. The molecule has 1 saturated heterocycles. The van der Waals surface area contributed by atoms with Gasteiger partial charge < -0.3 is 26.0 Å². The van der Waals surface area contributed by atoms with Crippen molar-refractivity contribution in [2.75, 3.05) is 31.2 Å². The van der Waals surface area contributed by atoms with Crippen molar-refractivity contribution >= 4 is 23.2 Å². The Morgan fingerprint density at radius 1 is 1.43 bits per heavy atom. The summed E-state index contributed by atoms with van der Waals surface area (Å²) in [5.74, 6) is -0.0724. The number of benzene rings is 1. The Morgan fingerprint density at radius 3 is 2.87 bits per heavy atom. The van der Waals surface area contributed by atoms with E-state index in [1.54, 1.807) is 29.2 Å². The van der Waals surface area contributed by atoms with E-state index < -0.39 is 6.04 Å². The molecule has 0 unspecified atom stereocenters. The zero-order chi connectivity index (χ0) is 16.8. The maximum absolute atomic E-state index is 12.5. The Labute approximate surface area is 135 Å². The molecule has 23 heavy (non-hydrogen) atoms. The van der Waals surface area contributed by atoms with Crippen LogP contribution in [-0.2, 0) is 14.3 Å². The lowest BCUT2D eigenvalue weighted by atomic mass is 10.2. The number of anilines is 2. The third-order valence-corrected chi connectivity index (χ3v) is 3.78. The number of ether oxygens (including phenoxy) is 1. The first-order chi connectivity index (χ1) is 11.0. The number of hydrogen-bond acceptors (Lipinski definition) is 5. The molecule has 1 aromatic rings. The Kier molecular flexibility index (Phi) is 5.46. The van der Waals surface area contributed by atoms with Gasteiger partial charge in [-0.3, -0.25) is 9.59 Å². The first-order valence-electron chi connectivity index (χ1n) is 7.44. The van der Waals surface area contributed by atoms with Crippen LogP contribution < -0.4 is 16.4 Å². The molecule has 2 amide bonds. The van der Waals surface area contributed by atoms with Gasteiger partial charge in [-0.15, -0.1) is 0 Å². The summed E-state index contributed by atoms with van der Waals surface area (Å²) in [5.41, 5.74) is 6.88. The highest BCUT2D eigenvalue weighted by Crippen LogP contribution is 2.22. The largest absolute Gasteiger partial charge is 0.483 e. The number of nitrogen functional groups attached to an aromatic ring is 1. The zero-order valence-electron chi connectivity index (χ0n) is 13.2. The molecule has 2 rings (SSSR count). The molecular formula is C16H22N4O3. The summed E-state index contributed by atoms with van der Waals surface area (Å²) in [7, 11) is 1.47. The Bertz CT molecular complexity index is 603. The molecule has 1 heterocycles. The lowest BCUT2D eigenvalue weighted by Gasteiger charge is -2.24. The van der Waals surface area contributed by atoms with Gasteiger partial charge in [0.25, 0.3) is 0 Å². The summed E-state index contributed by atoms with van der Waals surface area (Å²) in [6.07, 6.45) is 1.43. The molecule has 124 valence electrons. The fraction of sp³-hybridized carbons (Fsp3) is 0.375. The average molecular weight is 318 g/mol. The van der Waals surface area contributed by atoms with E-state index in [9.17, 15) is 9.59 Å². The van der Waals surface area contributed by atoms with Gasteiger partial charge in [0.15, 0.2) is 5.88 Å². The van der Waals surface area contributed by atoms with Crippen molar-refractivity contribution in [2.24, 2.45) is 0 Å². The molecule has 1 atom stereocenters. The van der Waals surface area contributed by atoms with Crippen LogP contribution in [0.5, 0.6) is 0 Å². The van der Waals surface area contributed by atoms with E-state index in [0.29, 0.717) is 30.2 Å². The van der Waals surface area contributed by atoms with E-state index in [-0.39, 0.29) is 18.4 Å². The number of methoxy groups -OCH3 is 1. The summed E-state index contributed by atoms with van der Waals surface area (Å²) in [4.78, 5) is 26.3. The highest BCUT2D eigenvalue weighted by atomic mass is 16.5. The first kappa shape index (κ1) is 16.7. The highest BCUT2D eigenvalue weighted by Gasteiger charge is 2.34. The van der Waals surface area contributed by atoms with Gasteiger partial charge in [-0.05, 0) is 31.6 Å². The molecule has 7 nitrogen and oxygen atoms in total. The third kappa shape index (κ3) is 4.15. The van der Waals surface area contributed by atoms with Gasteiger partial charge in [-0.2, -0.15) is 0 Å². The van der Waals surface area contributed by atoms with Crippen molar-refractivity contribution in [1.29, 1.82) is 0 Å². The number of nitrogens with two attached hydrogens (primary N) is 1. The molecule has 4 N–H and O–H groups in total. The second-order valence-electron chi connectivity index (χ2n) is 5.30. The van der Waals surface area contributed by atoms with E-state index >= 15 is 0 Å². The lowest BCUT2D eigenvalue weighted by Crippen LogP contribution is -2.46. The summed E-state index contributed by atoms with van der Waals surface area (Å²) < 4.78 is 4.86. The Morgan fingerprint density at radius 2 is 2.17 bits per heavy atom. The molecule has 0 aromatic heterocycles. The minimum Gasteiger partial charge on any atom is -0.483 e. The number of hydrogen-bond donors (Lipinski definition) is 3. The summed E-state index contributed by atoms with van der Waals surface area (Å²) in [5, 5.41) is 5.56. The maximum Gasteiger partial charge on any atom is 0.247 e. The van der Waals surface area contributed by atoms with E-state index in [4.69, 9.17) is 10.5 Å². The molecule has 1 aliphatic rings. The van der Waals surface area contributed by atoms with Crippen LogP contribution in [-0.4, -0.2) is 43.0 Å². The average Bonchev–Trinajstić information content (AvgIpc) is 3.04. The number of rotatable bonds is 6. The zero-order valence-corrected chi connectivity index (χ0v) is 13.2. The molecule has 7 heteroatoms. The van der Waals surface area contributed by atoms with Gasteiger partial charge >= 0.3 is 0 Å². The number of carbonyl (C=O) groups is 2. The predicted octanol–water partition coefficient (Wildman–Crippen LogP) is 0.905. The van der Waals surface area contributed by atoms with Gasteiger partial charge in [-0.25, -0.2) is 0 Å². The predicted molar refractivity (Wildman–Crippen MR) is 88.4 cm³/mol. The molecule has 1 aromatic carbocycles. The lowest BCUT2D eigenvalue weighted by molar-refractivity contribution is -0.135. The van der Waals surface area contributed by atoms with Gasteiger partial charge in [0.2, 0.25) is 11.8 Å². The number of carbonyl (C=O) groups excluding carboxylic acids is 2. The molecule has 0 bridgehead atoms. The van der Waals surface area contributed by atoms with Crippen LogP contribution in [0.2, 0.25) is 0 Å². The van der Waals surface area contributed by atoms with Crippen LogP contribution in [0.15, 0.2) is 36.7 Å². The van der Waals surface area contributed by atoms with Gasteiger partial charge in [0, 0.05) is 6.54 Å². The molecule has 0 radical (unpaired) electrons. The van der Waals surface area contributed by atoms with Crippen molar-refractivity contribution in [2.45, 2.75) is 18.9 Å². The van der Waals surface area contributed by atoms with Crippen LogP contribution in [0.3, 0.4) is 0 Å². The maximum atomic E-state index is 12.5. The molecule has 0 saturated carbocycles. The number of nitrogens with zero attached hydrogens (tertiary/aromatic N) is 1. The minimum absolute atomic E-state index is 0.0456. The number of nitrogens with one attached hydrogen (secondary N) is 2. The van der Waals surface area contributed by atoms with Crippen LogP contribution in [0, 0.1) is 0 Å². The van der Waals surface area contributed by atoms with Gasteiger partial charge in [0.1, 0.15) is 6.04 Å². The van der Waals surface area contributed by atoms with Crippen molar-refractivity contribution < 1.29 is 14.3 Å². The van der Waals surface area contributed by atoms with E-state index in [1.807, 2.05) is 0 Å². The van der Waals surface area contributed by atoms with Crippen molar-refractivity contribution in [3.63, 3.8) is 0 Å². The van der Waals surface area contributed by atoms with Crippen LogP contribution in [0.1, 0.15) is 12.8 Å². The van der Waals surface area contributed by atoms with Crippen LogP contribution >= 0.6 is 0 Å². The van der Waals surface area contributed by atoms with Gasteiger partial charge in [-0.1, -0.05) is 12.1 Å². The fourth-order valence-corrected chi connectivity index (χ4v) is 2.51. The smallest absolute Gasteiger partial charge is 0.247 e. The Balaban J connectivity index is 1.97. The second kappa shape index (κ2) is 7.53. The van der Waals surface area contributed by atoms with Gasteiger partial charge in [0.05, 0.1) is 25.0 Å². The second-order valence-corrected chi connectivity index (χ2v) is 5.30. The number of likely N-dealkylation sites (tertiary alicyclic amines) is 1. The quantitative estimate of drug-likeness (QED) is 0.535. The number of para-hydroxylation sites is 2. The van der Waals surface area contributed by atoms with Crippen molar-refractivity contribution in [1.82, 2.24) is 10.2 Å². The molecule has 0 aliphatic carbocycles. The van der Waals surface area contributed by atoms with Crippen molar-refractivity contribution in [3.05, 3.63) is 36.7 Å². The third-order valence-electron chi connectivity index (χ3n) is 3.78. The molecule has 1 fully saturated rings. The summed E-state index contributed by atoms with van der Waals surface area (Å²) >= 11 is 0. The monoisotopic (exact) mass is 318 g/mol. The Hall–Kier alpha value is -2.70. The highest BCUT2D eigenvalue weighted by molar-refractivity contribution is 5.99. The number of amides is 2. The molecule has 1 aliphatic heterocycles. The summed E-state index contributed by atoms with van der Waals surface area (Å²) in [6, 6.07) is 6.56. The SMILES string of the molecule is C=C(NCC(=O)N1CCC[C@H]1C(=O)Nc1ccccc1N)OC. The first-order valence-corrected chi connectivity index (χ1v) is 7.44. The normalized spacial score (nSPS) is 16.7. The van der Waals surface area contributed by atoms with Crippen LogP contribution in [0.4, 0.5) is 11.4 Å². The van der Waals surface area contributed by atoms with E-state index in [1.165, 1.54) is 7.11 Å².